The van der Waals surface area contributed by atoms with Crippen molar-refractivity contribution in [1.29, 1.82) is 0 Å². The molecule has 0 fully saturated rings. The molecule has 0 saturated heterocycles. The number of fused-ring (bicyclic) bond motifs is 1. The minimum Gasteiger partial charge on any atom is -0.339 e. The number of aryl methyl sites for hydroxylation is 2. The summed E-state index contributed by atoms with van der Waals surface area (Å²) < 4.78 is 39.5. The Kier molecular flexibility index (Phi) is 5.23. The van der Waals surface area contributed by atoms with Gasteiger partial charge in [-0.3, -0.25) is 9.48 Å². The van der Waals surface area contributed by atoms with Crippen molar-refractivity contribution in [1.82, 2.24) is 19.7 Å². The lowest BCUT2D eigenvalue weighted by Gasteiger charge is -2.22. The van der Waals surface area contributed by atoms with Gasteiger partial charge in [0.15, 0.2) is 5.65 Å². The fourth-order valence-corrected chi connectivity index (χ4v) is 3.69. The Labute approximate surface area is 158 Å². The number of halogens is 3. The van der Waals surface area contributed by atoms with Gasteiger partial charge in [-0.05, 0) is 31.4 Å². The summed E-state index contributed by atoms with van der Waals surface area (Å²) in [5.74, 6) is -0.442. The average Bonchev–Trinajstić information content (AvgIpc) is 3.22. The number of hydrogen-bond donors (Lipinski definition) is 0. The predicted octanol–water partition coefficient (Wildman–Crippen LogP) is 4.42. The zero-order valence-corrected chi connectivity index (χ0v) is 16.0. The topological polar surface area (TPSA) is 51.0 Å². The average molecular weight is 396 g/mol. The summed E-state index contributed by atoms with van der Waals surface area (Å²) in [5.41, 5.74) is 2.09. The van der Waals surface area contributed by atoms with E-state index in [2.05, 4.69) is 10.1 Å². The maximum Gasteiger partial charge on any atom is 0.390 e. The molecule has 3 aromatic rings. The van der Waals surface area contributed by atoms with E-state index in [0.29, 0.717) is 28.0 Å². The van der Waals surface area contributed by atoms with E-state index < -0.39 is 18.5 Å². The van der Waals surface area contributed by atoms with Crippen LogP contribution in [0.3, 0.4) is 0 Å². The zero-order chi connectivity index (χ0) is 19.8. The number of nitrogens with zero attached hydrogens (tertiary/aromatic N) is 4. The lowest BCUT2D eigenvalue weighted by atomic mass is 10.1. The summed E-state index contributed by atoms with van der Waals surface area (Å²) in [6.07, 6.45) is -5.35. The molecule has 5 nitrogen and oxygen atoms in total. The summed E-state index contributed by atoms with van der Waals surface area (Å²) in [5, 5.41) is 6.81. The van der Waals surface area contributed by atoms with Gasteiger partial charge in [-0.2, -0.15) is 18.3 Å². The molecule has 0 N–H and O–H groups in total. The highest BCUT2D eigenvalue weighted by molar-refractivity contribution is 7.13. The molecular formula is C18H19F3N4OS. The summed E-state index contributed by atoms with van der Waals surface area (Å²) in [7, 11) is 1.73. The molecule has 3 heterocycles. The summed E-state index contributed by atoms with van der Waals surface area (Å²) in [4.78, 5) is 19.8. The van der Waals surface area contributed by atoms with Gasteiger partial charge >= 0.3 is 6.18 Å². The van der Waals surface area contributed by atoms with Gasteiger partial charge in [0.05, 0.1) is 33.6 Å². The smallest absolute Gasteiger partial charge is 0.339 e. The number of alkyl halides is 3. The number of rotatable bonds is 5. The third-order valence-electron chi connectivity index (χ3n) is 4.31. The largest absolute Gasteiger partial charge is 0.390 e. The van der Waals surface area contributed by atoms with Gasteiger partial charge in [-0.25, -0.2) is 4.98 Å². The fraction of sp³-hybridized carbons (Fsp3) is 0.389. The first-order valence-corrected chi connectivity index (χ1v) is 9.33. The van der Waals surface area contributed by atoms with Gasteiger partial charge in [-0.15, -0.1) is 11.3 Å². The van der Waals surface area contributed by atoms with Gasteiger partial charge in [0.1, 0.15) is 0 Å². The van der Waals surface area contributed by atoms with Crippen LogP contribution in [0.25, 0.3) is 21.6 Å². The van der Waals surface area contributed by atoms with Crippen LogP contribution in [0.5, 0.6) is 0 Å². The van der Waals surface area contributed by atoms with Crippen LogP contribution in [0.15, 0.2) is 23.6 Å². The second-order valence-corrected chi connectivity index (χ2v) is 7.14. The molecule has 0 aliphatic heterocycles. The van der Waals surface area contributed by atoms with E-state index in [4.69, 9.17) is 0 Å². The van der Waals surface area contributed by atoms with E-state index in [1.54, 1.807) is 31.6 Å². The number of carbonyl (C=O) groups excluding carboxylic acids is 1. The Morgan fingerprint density at radius 1 is 1.37 bits per heavy atom. The monoisotopic (exact) mass is 396 g/mol. The highest BCUT2D eigenvalue weighted by atomic mass is 32.1. The van der Waals surface area contributed by atoms with Gasteiger partial charge in [0, 0.05) is 20.1 Å². The Hall–Kier alpha value is -2.42. The first-order valence-electron chi connectivity index (χ1n) is 8.45. The number of aromatic nitrogens is 3. The minimum atomic E-state index is -4.31. The molecule has 144 valence electrons. The molecule has 27 heavy (non-hydrogen) atoms. The van der Waals surface area contributed by atoms with Crippen molar-refractivity contribution in [2.24, 2.45) is 7.05 Å². The molecular weight excluding hydrogens is 377 g/mol. The SMILES string of the molecule is CCN(CCC(F)(F)F)C(=O)c1cc(-c2cccs2)nc2c1c(C)nn2C. The summed E-state index contributed by atoms with van der Waals surface area (Å²) >= 11 is 1.48. The van der Waals surface area contributed by atoms with E-state index in [9.17, 15) is 18.0 Å². The van der Waals surface area contributed by atoms with E-state index in [1.165, 1.54) is 16.2 Å². The van der Waals surface area contributed by atoms with Crippen LogP contribution < -0.4 is 0 Å². The third kappa shape index (κ3) is 3.97. The molecule has 0 saturated carbocycles. The van der Waals surface area contributed by atoms with Crippen molar-refractivity contribution in [3.05, 3.63) is 34.8 Å². The van der Waals surface area contributed by atoms with E-state index in [1.807, 2.05) is 17.5 Å². The molecule has 0 atom stereocenters. The molecule has 0 radical (unpaired) electrons. The maximum atomic E-state index is 13.1. The van der Waals surface area contributed by atoms with Gasteiger partial charge < -0.3 is 4.90 Å². The highest BCUT2D eigenvalue weighted by Crippen LogP contribution is 2.30. The zero-order valence-electron chi connectivity index (χ0n) is 15.2. The van der Waals surface area contributed by atoms with E-state index >= 15 is 0 Å². The Bertz CT molecular complexity index is 963. The van der Waals surface area contributed by atoms with Gasteiger partial charge in [-0.1, -0.05) is 6.07 Å². The van der Waals surface area contributed by atoms with Crippen LogP contribution in [-0.2, 0) is 7.05 Å². The van der Waals surface area contributed by atoms with E-state index in [-0.39, 0.29) is 13.1 Å². The molecule has 0 aliphatic carbocycles. The second-order valence-electron chi connectivity index (χ2n) is 6.19. The van der Waals surface area contributed by atoms with Crippen LogP contribution in [0.1, 0.15) is 29.4 Å². The van der Waals surface area contributed by atoms with Crippen LogP contribution in [0, 0.1) is 6.92 Å². The first-order chi connectivity index (χ1) is 12.7. The number of thiophene rings is 1. The quantitative estimate of drug-likeness (QED) is 0.642. The standard InChI is InChI=1S/C18H19F3N4OS/c1-4-25(8-7-18(19,20)21)17(26)12-10-13(14-6-5-9-27-14)22-16-15(12)11(2)23-24(16)3/h5-6,9-10H,4,7-8H2,1-3H3. The van der Waals surface area contributed by atoms with Crippen molar-refractivity contribution in [2.75, 3.05) is 13.1 Å². The first kappa shape index (κ1) is 19.3. The van der Waals surface area contributed by atoms with Gasteiger partial charge in [0.2, 0.25) is 0 Å². The second kappa shape index (κ2) is 7.30. The van der Waals surface area contributed by atoms with Crippen molar-refractivity contribution in [2.45, 2.75) is 26.4 Å². The highest BCUT2D eigenvalue weighted by Gasteiger charge is 2.30. The third-order valence-corrected chi connectivity index (χ3v) is 5.20. The number of hydrogen-bond acceptors (Lipinski definition) is 4. The van der Waals surface area contributed by atoms with Crippen LogP contribution in [0.2, 0.25) is 0 Å². The minimum absolute atomic E-state index is 0.187. The van der Waals surface area contributed by atoms with Crippen molar-refractivity contribution < 1.29 is 18.0 Å². The Morgan fingerprint density at radius 3 is 2.70 bits per heavy atom. The van der Waals surface area contributed by atoms with Crippen LogP contribution in [-0.4, -0.2) is 44.8 Å². The number of carbonyl (C=O) groups is 1. The number of amides is 1. The molecule has 3 rings (SSSR count). The van der Waals surface area contributed by atoms with Crippen molar-refractivity contribution >= 4 is 28.3 Å². The van der Waals surface area contributed by atoms with Crippen LogP contribution >= 0.6 is 11.3 Å². The lowest BCUT2D eigenvalue weighted by Crippen LogP contribution is -2.34. The maximum absolute atomic E-state index is 13.1. The molecule has 0 spiro atoms. The van der Waals surface area contributed by atoms with E-state index in [0.717, 1.165) is 4.88 Å². The summed E-state index contributed by atoms with van der Waals surface area (Å²) in [6, 6.07) is 5.42. The van der Waals surface area contributed by atoms with Gasteiger partial charge in [0.25, 0.3) is 5.91 Å². The van der Waals surface area contributed by atoms with Crippen LogP contribution in [0.4, 0.5) is 13.2 Å². The van der Waals surface area contributed by atoms with Crippen molar-refractivity contribution in [3.63, 3.8) is 0 Å². The predicted molar refractivity (Wildman–Crippen MR) is 98.8 cm³/mol. The molecule has 9 heteroatoms. The lowest BCUT2D eigenvalue weighted by molar-refractivity contribution is -0.136. The summed E-state index contributed by atoms with van der Waals surface area (Å²) in [6.45, 7) is 3.24. The molecule has 0 bridgehead atoms. The normalized spacial score (nSPS) is 11.9. The molecule has 3 aromatic heterocycles. The molecule has 0 aliphatic rings. The fourth-order valence-electron chi connectivity index (χ4n) is 3.00. The molecule has 0 aromatic carbocycles. The molecule has 1 amide bonds. The number of pyridine rings is 1. The molecule has 0 unspecified atom stereocenters. The Balaban J connectivity index is 2.09. The van der Waals surface area contributed by atoms with Crippen molar-refractivity contribution in [3.8, 4) is 10.6 Å². The Morgan fingerprint density at radius 2 is 2.11 bits per heavy atom.